The first kappa shape index (κ1) is 15.3. The lowest BCUT2D eigenvalue weighted by Crippen LogP contribution is -2.32. The normalized spacial score (nSPS) is 12.4. The van der Waals surface area contributed by atoms with Crippen LogP contribution in [0.1, 0.15) is 34.6 Å². The molecule has 0 aromatic heterocycles. The Morgan fingerprint density at radius 2 is 1.20 bits per heavy atom. The Labute approximate surface area is 94.2 Å². The molecule has 0 aromatic rings. The Kier molecular flexibility index (Phi) is 8.58. The Morgan fingerprint density at radius 1 is 0.800 bits per heavy atom. The van der Waals surface area contributed by atoms with Crippen LogP contribution in [0.3, 0.4) is 0 Å². The second-order valence-corrected chi connectivity index (χ2v) is 4.70. The van der Waals surface area contributed by atoms with Crippen molar-refractivity contribution in [2.45, 2.75) is 40.1 Å². The summed E-state index contributed by atoms with van der Waals surface area (Å²) in [6.45, 7) is 12.0. The Balaban J connectivity index is 4.48. The van der Waals surface area contributed by atoms with E-state index in [1.165, 1.54) is 0 Å². The van der Waals surface area contributed by atoms with Gasteiger partial charge in [-0.15, -0.1) is 0 Å². The molecule has 0 atom stereocenters. The summed E-state index contributed by atoms with van der Waals surface area (Å²) in [6.07, 6.45) is 0. The summed E-state index contributed by atoms with van der Waals surface area (Å²) in [4.78, 5) is 0. The van der Waals surface area contributed by atoms with Gasteiger partial charge in [-0.3, -0.25) is 0 Å². The fourth-order valence-electron chi connectivity index (χ4n) is 1.19. The topological polar surface area (TPSA) is 36.9 Å². The van der Waals surface area contributed by atoms with Crippen molar-refractivity contribution in [2.75, 3.05) is 26.4 Å². The highest BCUT2D eigenvalue weighted by molar-refractivity contribution is 7.48. The molecule has 0 heterocycles. The molecule has 0 aliphatic rings. The minimum atomic E-state index is -1.16. The summed E-state index contributed by atoms with van der Waals surface area (Å²) in [7, 11) is -1.16. The van der Waals surface area contributed by atoms with Crippen molar-refractivity contribution in [1.29, 1.82) is 0 Å². The Hall–Kier alpha value is 0.270. The fourth-order valence-corrected chi connectivity index (χ4v) is 2.67. The molecule has 0 N–H and O–H groups in total. The Bertz CT molecular complexity index is 142. The van der Waals surface area contributed by atoms with Gasteiger partial charge in [-0.2, -0.15) is 0 Å². The summed E-state index contributed by atoms with van der Waals surface area (Å²) < 4.78 is 22.3. The van der Waals surface area contributed by atoms with Crippen molar-refractivity contribution in [3.63, 3.8) is 0 Å². The molecule has 0 aliphatic carbocycles. The van der Waals surface area contributed by atoms with Crippen LogP contribution < -0.4 is 0 Å². The maximum Gasteiger partial charge on any atom is 0.236 e. The quantitative estimate of drug-likeness (QED) is 0.457. The molecule has 0 spiro atoms. The van der Waals surface area contributed by atoms with Gasteiger partial charge in [-0.05, 0) is 34.6 Å². The second-order valence-electron chi connectivity index (χ2n) is 2.86. The second kappa shape index (κ2) is 8.43. The average Bonchev–Trinajstić information content (AvgIpc) is 2.18. The zero-order valence-corrected chi connectivity index (χ0v) is 11.3. The molecule has 5 heteroatoms. The van der Waals surface area contributed by atoms with Gasteiger partial charge in [0.25, 0.3) is 0 Å². The maximum absolute atomic E-state index is 5.59. The maximum atomic E-state index is 5.59. The van der Waals surface area contributed by atoms with Gasteiger partial charge in [0.2, 0.25) is 13.9 Å². The van der Waals surface area contributed by atoms with Crippen molar-refractivity contribution in [3.8, 4) is 0 Å². The van der Waals surface area contributed by atoms with Crippen LogP contribution >= 0.6 is 8.38 Å². The van der Waals surface area contributed by atoms with Crippen LogP contribution in [-0.4, -0.2) is 32.0 Å². The van der Waals surface area contributed by atoms with E-state index >= 15 is 0 Å². The molecule has 0 aliphatic heterocycles. The molecule has 0 fully saturated rings. The lowest BCUT2D eigenvalue weighted by molar-refractivity contribution is -0.169. The largest absolute Gasteiger partial charge is 0.343 e. The highest BCUT2D eigenvalue weighted by Gasteiger charge is 2.38. The van der Waals surface area contributed by atoms with Gasteiger partial charge in [0, 0.05) is 13.2 Å². The van der Waals surface area contributed by atoms with Crippen molar-refractivity contribution in [1.82, 2.24) is 0 Å². The molecule has 0 unspecified atom stereocenters. The van der Waals surface area contributed by atoms with Crippen molar-refractivity contribution < 1.29 is 18.5 Å². The molecule has 0 bridgehead atoms. The molecule has 4 nitrogen and oxygen atoms in total. The van der Waals surface area contributed by atoms with Crippen molar-refractivity contribution >= 4 is 8.38 Å². The zero-order chi connectivity index (χ0) is 11.7. The first-order valence-electron chi connectivity index (χ1n) is 5.48. The first-order chi connectivity index (χ1) is 7.14. The predicted octanol–water partition coefficient (Wildman–Crippen LogP) is 3.12. The molecule has 0 radical (unpaired) electrons. The van der Waals surface area contributed by atoms with E-state index in [0.717, 1.165) is 0 Å². The lowest BCUT2D eigenvalue weighted by Gasteiger charge is -2.34. The van der Waals surface area contributed by atoms with Gasteiger partial charge in [0.15, 0.2) is 0 Å². The van der Waals surface area contributed by atoms with E-state index in [-0.39, 0.29) is 0 Å². The third-order valence-corrected chi connectivity index (χ3v) is 3.56. The average molecular weight is 238 g/mol. The van der Waals surface area contributed by atoms with E-state index in [1.54, 1.807) is 0 Å². The smallest absolute Gasteiger partial charge is 0.236 e. The summed E-state index contributed by atoms with van der Waals surface area (Å²) in [5.74, 6) is 0. The van der Waals surface area contributed by atoms with Crippen LogP contribution in [0.15, 0.2) is 0 Å². The van der Waals surface area contributed by atoms with Gasteiger partial charge >= 0.3 is 0 Å². The highest BCUT2D eigenvalue weighted by atomic mass is 31.2. The van der Waals surface area contributed by atoms with E-state index in [9.17, 15) is 0 Å². The fraction of sp³-hybridized carbons (Fsp3) is 1.00. The summed E-state index contributed by atoms with van der Waals surface area (Å²) in [6, 6.07) is 0. The minimum Gasteiger partial charge on any atom is -0.343 e. The van der Waals surface area contributed by atoms with Crippen LogP contribution in [0.5, 0.6) is 0 Å². The number of rotatable bonds is 9. The summed E-state index contributed by atoms with van der Waals surface area (Å²) in [5, 5.41) is 0. The standard InChI is InChI=1S/C10H23O4P/c1-6-11-10(5,12-7-2)15(13-8-3)14-9-4/h6-9H2,1-5H3. The van der Waals surface area contributed by atoms with Crippen LogP contribution in [0, 0.1) is 0 Å². The predicted molar refractivity (Wildman–Crippen MR) is 61.8 cm³/mol. The molecule has 15 heavy (non-hydrogen) atoms. The van der Waals surface area contributed by atoms with Crippen LogP contribution in [0.4, 0.5) is 0 Å². The van der Waals surface area contributed by atoms with Gasteiger partial charge in [-0.25, -0.2) is 0 Å². The first-order valence-corrected chi connectivity index (χ1v) is 6.66. The molecule has 92 valence electrons. The van der Waals surface area contributed by atoms with Crippen molar-refractivity contribution in [2.24, 2.45) is 0 Å². The monoisotopic (exact) mass is 238 g/mol. The molecule has 0 rings (SSSR count). The number of hydrogen-bond donors (Lipinski definition) is 0. The minimum absolute atomic E-state index is 0.579. The third kappa shape index (κ3) is 5.23. The van der Waals surface area contributed by atoms with Crippen LogP contribution in [-0.2, 0) is 18.5 Å². The van der Waals surface area contributed by atoms with E-state index in [0.29, 0.717) is 26.4 Å². The van der Waals surface area contributed by atoms with Gasteiger partial charge < -0.3 is 18.5 Å². The van der Waals surface area contributed by atoms with Gasteiger partial charge in [0.1, 0.15) is 0 Å². The summed E-state index contributed by atoms with van der Waals surface area (Å²) in [5.41, 5.74) is -0.759. The van der Waals surface area contributed by atoms with E-state index in [1.807, 2.05) is 34.6 Å². The molecular formula is C10H23O4P. The Morgan fingerprint density at radius 3 is 1.47 bits per heavy atom. The lowest BCUT2D eigenvalue weighted by atomic mass is 10.7. The molecule has 0 saturated carbocycles. The van der Waals surface area contributed by atoms with E-state index < -0.39 is 13.9 Å². The van der Waals surface area contributed by atoms with Gasteiger partial charge in [0.05, 0.1) is 13.2 Å². The zero-order valence-electron chi connectivity index (χ0n) is 10.4. The number of ether oxygens (including phenoxy) is 2. The molecule has 0 saturated heterocycles. The molecular weight excluding hydrogens is 215 g/mol. The highest BCUT2D eigenvalue weighted by Crippen LogP contribution is 2.52. The third-order valence-electron chi connectivity index (χ3n) is 1.65. The van der Waals surface area contributed by atoms with E-state index in [4.69, 9.17) is 18.5 Å². The summed E-state index contributed by atoms with van der Waals surface area (Å²) >= 11 is 0. The SMILES string of the molecule is CCOP(OCC)C(C)(OCC)OCC. The molecule has 0 amide bonds. The number of hydrogen-bond acceptors (Lipinski definition) is 4. The molecule has 0 aromatic carbocycles. The van der Waals surface area contributed by atoms with Crippen molar-refractivity contribution in [3.05, 3.63) is 0 Å². The van der Waals surface area contributed by atoms with Crippen LogP contribution in [0.2, 0.25) is 0 Å². The van der Waals surface area contributed by atoms with E-state index in [2.05, 4.69) is 0 Å². The van der Waals surface area contributed by atoms with Gasteiger partial charge in [-0.1, -0.05) is 0 Å². The van der Waals surface area contributed by atoms with Crippen LogP contribution in [0.25, 0.3) is 0 Å².